The van der Waals surface area contributed by atoms with Crippen molar-refractivity contribution in [3.05, 3.63) is 53.6 Å². The maximum absolute atomic E-state index is 12.3. The molecule has 1 unspecified atom stereocenters. The van der Waals surface area contributed by atoms with Crippen molar-refractivity contribution < 1.29 is 19.0 Å². The fourth-order valence-electron chi connectivity index (χ4n) is 2.95. The maximum atomic E-state index is 12.3. The molecule has 1 aliphatic heterocycles. The van der Waals surface area contributed by atoms with Gasteiger partial charge in [0.05, 0.1) is 19.4 Å². The first kappa shape index (κ1) is 17.9. The lowest BCUT2D eigenvalue weighted by atomic mass is 10.1. The topological polar surface area (TPSA) is 56.8 Å². The smallest absolute Gasteiger partial charge is 0.248 e. The van der Waals surface area contributed by atoms with Gasteiger partial charge in [0.25, 0.3) is 0 Å². The molecular weight excluding hydrogens is 330 g/mol. The Kier molecular flexibility index (Phi) is 5.46. The van der Waals surface area contributed by atoms with Crippen LogP contribution in [0.2, 0.25) is 0 Å². The number of hydrogen-bond donors (Lipinski definition) is 1. The highest BCUT2D eigenvalue weighted by atomic mass is 16.5. The number of fused-ring (bicyclic) bond motifs is 1. The zero-order valence-corrected chi connectivity index (χ0v) is 15.2. The molecule has 5 nitrogen and oxygen atoms in total. The van der Waals surface area contributed by atoms with E-state index in [0.717, 1.165) is 29.0 Å². The molecule has 0 saturated heterocycles. The summed E-state index contributed by atoms with van der Waals surface area (Å²) in [6.07, 6.45) is 4.25. The molecule has 26 heavy (non-hydrogen) atoms. The third-order valence-electron chi connectivity index (χ3n) is 4.11. The van der Waals surface area contributed by atoms with Crippen molar-refractivity contribution in [2.24, 2.45) is 0 Å². The van der Waals surface area contributed by atoms with Crippen LogP contribution in [0, 0.1) is 0 Å². The quantitative estimate of drug-likeness (QED) is 0.796. The Morgan fingerprint density at radius 3 is 2.88 bits per heavy atom. The van der Waals surface area contributed by atoms with Crippen LogP contribution in [0.5, 0.6) is 17.2 Å². The lowest BCUT2D eigenvalue weighted by Crippen LogP contribution is -2.08. The van der Waals surface area contributed by atoms with E-state index in [2.05, 4.69) is 5.32 Å². The third-order valence-corrected chi connectivity index (χ3v) is 4.11. The van der Waals surface area contributed by atoms with Crippen LogP contribution in [-0.4, -0.2) is 25.7 Å². The number of rotatable bonds is 6. The lowest BCUT2D eigenvalue weighted by Gasteiger charge is -2.10. The molecule has 5 heteroatoms. The van der Waals surface area contributed by atoms with Crippen molar-refractivity contribution in [3.8, 4) is 17.2 Å². The second kappa shape index (κ2) is 7.95. The summed E-state index contributed by atoms with van der Waals surface area (Å²) in [5.74, 6) is 1.98. The van der Waals surface area contributed by atoms with Crippen LogP contribution in [0.4, 0.5) is 5.69 Å². The summed E-state index contributed by atoms with van der Waals surface area (Å²) in [6, 6.07) is 11.2. The van der Waals surface area contributed by atoms with E-state index in [1.165, 1.54) is 6.08 Å². The highest BCUT2D eigenvalue weighted by molar-refractivity contribution is 6.03. The van der Waals surface area contributed by atoms with Gasteiger partial charge in [0, 0.05) is 23.6 Å². The van der Waals surface area contributed by atoms with Crippen molar-refractivity contribution in [1.29, 1.82) is 0 Å². The number of carbonyl (C=O) groups is 1. The van der Waals surface area contributed by atoms with Crippen LogP contribution in [0.15, 0.2) is 42.5 Å². The molecular formula is C21H23NO4. The Balaban J connectivity index is 1.79. The molecule has 2 aromatic rings. The minimum Gasteiger partial charge on any atom is -0.495 e. The van der Waals surface area contributed by atoms with Gasteiger partial charge < -0.3 is 19.5 Å². The lowest BCUT2D eigenvalue weighted by molar-refractivity contribution is -0.111. The van der Waals surface area contributed by atoms with Crippen molar-refractivity contribution in [3.63, 3.8) is 0 Å². The fraction of sp³-hybridized carbons (Fsp3) is 0.286. The average Bonchev–Trinajstić information content (AvgIpc) is 2.99. The molecule has 0 spiro atoms. The Labute approximate surface area is 153 Å². The standard InChI is InChI=1S/C21H23NO4/c1-4-25-19-13-16-11-14(2)26-20(16)12-15(19)9-10-21(23)22-17-7-5-6-8-18(17)24-3/h5-10,12-14H,4,11H2,1-3H3,(H,22,23)/b10-9+. The van der Waals surface area contributed by atoms with Crippen molar-refractivity contribution >= 4 is 17.7 Å². The number of hydrogen-bond acceptors (Lipinski definition) is 4. The molecule has 3 rings (SSSR count). The zero-order valence-electron chi connectivity index (χ0n) is 15.2. The van der Waals surface area contributed by atoms with E-state index >= 15 is 0 Å². The van der Waals surface area contributed by atoms with Crippen LogP contribution in [0.3, 0.4) is 0 Å². The summed E-state index contributed by atoms with van der Waals surface area (Å²) >= 11 is 0. The molecule has 1 N–H and O–H groups in total. The molecule has 0 aliphatic carbocycles. The minimum atomic E-state index is -0.244. The molecule has 0 radical (unpaired) electrons. The Bertz CT molecular complexity index is 829. The van der Waals surface area contributed by atoms with Gasteiger partial charge in [-0.1, -0.05) is 12.1 Å². The van der Waals surface area contributed by atoms with Crippen molar-refractivity contribution in [1.82, 2.24) is 0 Å². The molecule has 1 heterocycles. The predicted molar refractivity (Wildman–Crippen MR) is 102 cm³/mol. The van der Waals surface area contributed by atoms with Crippen LogP contribution >= 0.6 is 0 Å². The molecule has 0 fully saturated rings. The summed E-state index contributed by atoms with van der Waals surface area (Å²) in [7, 11) is 1.57. The number of anilines is 1. The van der Waals surface area contributed by atoms with Gasteiger partial charge in [-0.05, 0) is 44.2 Å². The third kappa shape index (κ3) is 3.99. The number of amides is 1. The molecule has 1 amide bonds. The SMILES string of the molecule is CCOc1cc2c(cc1/C=C/C(=O)Nc1ccccc1OC)OC(C)C2. The summed E-state index contributed by atoms with van der Waals surface area (Å²) < 4.78 is 16.8. The largest absolute Gasteiger partial charge is 0.495 e. The zero-order chi connectivity index (χ0) is 18.5. The molecule has 136 valence electrons. The molecule has 1 atom stereocenters. The first-order valence-corrected chi connectivity index (χ1v) is 8.69. The van der Waals surface area contributed by atoms with Gasteiger partial charge in [-0.2, -0.15) is 0 Å². The average molecular weight is 353 g/mol. The summed E-state index contributed by atoms with van der Waals surface area (Å²) in [5, 5.41) is 2.82. The molecule has 0 saturated carbocycles. The highest BCUT2D eigenvalue weighted by Crippen LogP contribution is 2.35. The maximum Gasteiger partial charge on any atom is 0.248 e. The van der Waals surface area contributed by atoms with Gasteiger partial charge in [-0.25, -0.2) is 0 Å². The minimum absolute atomic E-state index is 0.160. The van der Waals surface area contributed by atoms with Crippen LogP contribution in [-0.2, 0) is 11.2 Å². The van der Waals surface area contributed by atoms with E-state index in [1.54, 1.807) is 25.3 Å². The van der Waals surface area contributed by atoms with Gasteiger partial charge in [-0.3, -0.25) is 4.79 Å². The summed E-state index contributed by atoms with van der Waals surface area (Å²) in [5.41, 5.74) is 2.58. The molecule has 2 aromatic carbocycles. The number of para-hydroxylation sites is 2. The number of nitrogens with one attached hydrogen (secondary N) is 1. The van der Waals surface area contributed by atoms with Crippen LogP contribution in [0.25, 0.3) is 6.08 Å². The van der Waals surface area contributed by atoms with Gasteiger partial charge in [-0.15, -0.1) is 0 Å². The van der Waals surface area contributed by atoms with E-state index < -0.39 is 0 Å². The van der Waals surface area contributed by atoms with Gasteiger partial charge in [0.2, 0.25) is 5.91 Å². The first-order chi connectivity index (χ1) is 12.6. The second-order valence-electron chi connectivity index (χ2n) is 6.09. The van der Waals surface area contributed by atoms with E-state index in [9.17, 15) is 4.79 Å². The Morgan fingerprint density at radius 1 is 1.31 bits per heavy atom. The Morgan fingerprint density at radius 2 is 2.12 bits per heavy atom. The molecule has 0 aromatic heterocycles. The molecule has 0 bridgehead atoms. The van der Waals surface area contributed by atoms with E-state index in [0.29, 0.717) is 18.0 Å². The second-order valence-corrected chi connectivity index (χ2v) is 6.09. The van der Waals surface area contributed by atoms with E-state index in [1.807, 2.05) is 38.1 Å². The predicted octanol–water partition coefficient (Wildman–Crippen LogP) is 4.07. The summed E-state index contributed by atoms with van der Waals surface area (Å²) in [4.78, 5) is 12.3. The van der Waals surface area contributed by atoms with Crippen molar-refractivity contribution in [2.75, 3.05) is 19.0 Å². The normalized spacial score (nSPS) is 15.4. The number of carbonyl (C=O) groups excluding carboxylic acids is 1. The molecule has 1 aliphatic rings. The number of ether oxygens (including phenoxy) is 3. The highest BCUT2D eigenvalue weighted by Gasteiger charge is 2.21. The van der Waals surface area contributed by atoms with Crippen LogP contribution < -0.4 is 19.5 Å². The van der Waals surface area contributed by atoms with Crippen LogP contribution in [0.1, 0.15) is 25.0 Å². The number of benzene rings is 2. The monoisotopic (exact) mass is 353 g/mol. The van der Waals surface area contributed by atoms with Gasteiger partial charge >= 0.3 is 0 Å². The van der Waals surface area contributed by atoms with E-state index in [-0.39, 0.29) is 12.0 Å². The van der Waals surface area contributed by atoms with Crippen molar-refractivity contribution in [2.45, 2.75) is 26.4 Å². The Hall–Kier alpha value is -2.95. The van der Waals surface area contributed by atoms with E-state index in [4.69, 9.17) is 14.2 Å². The van der Waals surface area contributed by atoms with Gasteiger partial charge in [0.15, 0.2) is 0 Å². The van der Waals surface area contributed by atoms with Gasteiger partial charge in [0.1, 0.15) is 23.4 Å². The first-order valence-electron chi connectivity index (χ1n) is 8.69. The number of methoxy groups -OCH3 is 1. The summed E-state index contributed by atoms with van der Waals surface area (Å²) in [6.45, 7) is 4.54. The fourth-order valence-corrected chi connectivity index (χ4v) is 2.95.